The Bertz CT molecular complexity index is 599. The van der Waals surface area contributed by atoms with Crippen LogP contribution in [0.2, 0.25) is 0 Å². The Kier molecular flexibility index (Phi) is 4.17. The summed E-state index contributed by atoms with van der Waals surface area (Å²) in [5.74, 6) is -2.17. The first-order valence-corrected chi connectivity index (χ1v) is 6.47. The maximum absolute atomic E-state index is 13.2. The molecule has 0 saturated carbocycles. The maximum Gasteiger partial charge on any atom is 0.159 e. The van der Waals surface area contributed by atoms with Gasteiger partial charge in [0.1, 0.15) is 5.82 Å². The Hall–Kier alpha value is -1.46. The molecule has 19 heavy (non-hydrogen) atoms. The SMILES string of the molecule is C[C@H](N)c1cc(F)ccc1Sc1ccc(F)c(F)c1. The molecule has 5 heteroatoms. The van der Waals surface area contributed by atoms with Crippen LogP contribution in [0, 0.1) is 17.5 Å². The quantitative estimate of drug-likeness (QED) is 0.910. The molecule has 0 heterocycles. The summed E-state index contributed by atoms with van der Waals surface area (Å²) < 4.78 is 39.2. The average molecular weight is 283 g/mol. The normalized spacial score (nSPS) is 12.5. The van der Waals surface area contributed by atoms with Crippen LogP contribution in [0.1, 0.15) is 18.5 Å². The zero-order valence-electron chi connectivity index (χ0n) is 10.2. The zero-order chi connectivity index (χ0) is 14.0. The summed E-state index contributed by atoms with van der Waals surface area (Å²) in [6, 6.07) is 7.54. The summed E-state index contributed by atoms with van der Waals surface area (Å²) in [7, 11) is 0. The summed E-state index contributed by atoms with van der Waals surface area (Å²) in [6.45, 7) is 1.74. The van der Waals surface area contributed by atoms with Crippen molar-refractivity contribution >= 4 is 11.8 Å². The van der Waals surface area contributed by atoms with Gasteiger partial charge in [0.15, 0.2) is 11.6 Å². The van der Waals surface area contributed by atoms with E-state index < -0.39 is 11.6 Å². The Labute approximate surface area is 113 Å². The highest BCUT2D eigenvalue weighted by atomic mass is 32.2. The van der Waals surface area contributed by atoms with E-state index in [2.05, 4.69) is 0 Å². The molecule has 1 nitrogen and oxygen atoms in total. The first kappa shape index (κ1) is 14.0. The van der Waals surface area contributed by atoms with Crippen LogP contribution in [0.4, 0.5) is 13.2 Å². The number of halogens is 3. The molecule has 2 rings (SSSR count). The minimum atomic E-state index is -0.908. The lowest BCUT2D eigenvalue weighted by Crippen LogP contribution is -2.06. The summed E-state index contributed by atoms with van der Waals surface area (Å²) >= 11 is 1.22. The van der Waals surface area contributed by atoms with Crippen molar-refractivity contribution in [1.29, 1.82) is 0 Å². The number of hydrogen-bond acceptors (Lipinski definition) is 2. The second kappa shape index (κ2) is 5.67. The van der Waals surface area contributed by atoms with Crippen molar-refractivity contribution in [2.45, 2.75) is 22.8 Å². The third kappa shape index (κ3) is 3.30. The highest BCUT2D eigenvalue weighted by Gasteiger charge is 2.11. The van der Waals surface area contributed by atoms with Crippen LogP contribution < -0.4 is 5.73 Å². The van der Waals surface area contributed by atoms with Crippen molar-refractivity contribution in [1.82, 2.24) is 0 Å². The van der Waals surface area contributed by atoms with Gasteiger partial charge in [0.25, 0.3) is 0 Å². The molecule has 1 atom stereocenters. The molecular weight excluding hydrogens is 271 g/mol. The van der Waals surface area contributed by atoms with Gasteiger partial charge in [0, 0.05) is 15.8 Å². The molecule has 2 N–H and O–H groups in total. The third-order valence-corrected chi connectivity index (χ3v) is 3.66. The predicted octanol–water partition coefficient (Wildman–Crippen LogP) is 4.27. The van der Waals surface area contributed by atoms with E-state index in [4.69, 9.17) is 5.73 Å². The molecule has 0 spiro atoms. The summed E-state index contributed by atoms with van der Waals surface area (Å²) in [5, 5.41) is 0. The van der Waals surface area contributed by atoms with Crippen LogP contribution in [0.3, 0.4) is 0 Å². The van der Waals surface area contributed by atoms with E-state index >= 15 is 0 Å². The van der Waals surface area contributed by atoms with Crippen LogP contribution in [-0.4, -0.2) is 0 Å². The van der Waals surface area contributed by atoms with Crippen molar-refractivity contribution in [2.75, 3.05) is 0 Å². The lowest BCUT2D eigenvalue weighted by molar-refractivity contribution is 0.506. The standard InChI is InChI=1S/C14H12F3NS/c1-8(18)11-6-9(15)2-5-14(11)19-10-3-4-12(16)13(17)7-10/h2-8H,18H2,1H3/t8-/m0/s1. The van der Waals surface area contributed by atoms with Gasteiger partial charge in [-0.2, -0.15) is 0 Å². The Morgan fingerprint density at radius 1 is 1.00 bits per heavy atom. The average Bonchev–Trinajstić information content (AvgIpc) is 2.36. The smallest absolute Gasteiger partial charge is 0.159 e. The summed E-state index contributed by atoms with van der Waals surface area (Å²) in [4.78, 5) is 1.26. The van der Waals surface area contributed by atoms with Gasteiger partial charge in [-0.3, -0.25) is 0 Å². The molecular formula is C14H12F3NS. The minimum absolute atomic E-state index is 0.344. The first-order chi connectivity index (χ1) is 8.97. The molecule has 0 aliphatic heterocycles. The van der Waals surface area contributed by atoms with Gasteiger partial charge < -0.3 is 5.73 Å². The van der Waals surface area contributed by atoms with Gasteiger partial charge >= 0.3 is 0 Å². The lowest BCUT2D eigenvalue weighted by atomic mass is 10.1. The van der Waals surface area contributed by atoms with Crippen molar-refractivity contribution in [3.63, 3.8) is 0 Å². The summed E-state index contributed by atoms with van der Waals surface area (Å²) in [5.41, 5.74) is 6.41. The fraction of sp³-hybridized carbons (Fsp3) is 0.143. The second-order valence-corrected chi connectivity index (χ2v) is 5.26. The largest absolute Gasteiger partial charge is 0.324 e. The van der Waals surface area contributed by atoms with Gasteiger partial charge in [0.2, 0.25) is 0 Å². The molecule has 2 aromatic rings. The maximum atomic E-state index is 13.2. The molecule has 0 aliphatic carbocycles. The van der Waals surface area contributed by atoms with Gasteiger partial charge in [-0.15, -0.1) is 0 Å². The van der Waals surface area contributed by atoms with Crippen molar-refractivity contribution in [2.24, 2.45) is 5.73 Å². The fourth-order valence-electron chi connectivity index (χ4n) is 1.64. The van der Waals surface area contributed by atoms with E-state index in [0.29, 0.717) is 10.5 Å². The lowest BCUT2D eigenvalue weighted by Gasteiger charge is -2.12. The van der Waals surface area contributed by atoms with Crippen LogP contribution in [-0.2, 0) is 0 Å². The molecule has 0 saturated heterocycles. The number of benzene rings is 2. The van der Waals surface area contributed by atoms with Crippen LogP contribution in [0.15, 0.2) is 46.2 Å². The van der Waals surface area contributed by atoms with Gasteiger partial charge in [0.05, 0.1) is 0 Å². The van der Waals surface area contributed by atoms with E-state index in [1.54, 1.807) is 13.0 Å². The minimum Gasteiger partial charge on any atom is -0.324 e. The van der Waals surface area contributed by atoms with Crippen LogP contribution >= 0.6 is 11.8 Å². The third-order valence-electron chi connectivity index (χ3n) is 2.58. The highest BCUT2D eigenvalue weighted by molar-refractivity contribution is 7.99. The van der Waals surface area contributed by atoms with E-state index in [9.17, 15) is 13.2 Å². The molecule has 100 valence electrons. The topological polar surface area (TPSA) is 26.0 Å². The molecule has 0 aromatic heterocycles. The predicted molar refractivity (Wildman–Crippen MR) is 69.5 cm³/mol. The van der Waals surface area contributed by atoms with Gasteiger partial charge in [-0.05, 0) is 48.9 Å². The van der Waals surface area contributed by atoms with E-state index in [1.807, 2.05) is 0 Å². The van der Waals surface area contributed by atoms with E-state index in [1.165, 1.54) is 30.0 Å². The molecule has 0 radical (unpaired) electrons. The zero-order valence-corrected chi connectivity index (χ0v) is 11.0. The Morgan fingerprint density at radius 2 is 1.74 bits per heavy atom. The molecule has 0 unspecified atom stereocenters. The Balaban J connectivity index is 2.35. The number of rotatable bonds is 3. The van der Waals surface area contributed by atoms with Crippen LogP contribution in [0.25, 0.3) is 0 Å². The summed E-state index contributed by atoms with van der Waals surface area (Å²) in [6.07, 6.45) is 0. The van der Waals surface area contributed by atoms with Crippen molar-refractivity contribution in [3.8, 4) is 0 Å². The van der Waals surface area contributed by atoms with E-state index in [0.717, 1.165) is 17.0 Å². The van der Waals surface area contributed by atoms with Crippen molar-refractivity contribution in [3.05, 3.63) is 59.4 Å². The first-order valence-electron chi connectivity index (χ1n) is 5.65. The second-order valence-electron chi connectivity index (χ2n) is 4.15. The molecule has 0 aliphatic rings. The van der Waals surface area contributed by atoms with Crippen LogP contribution in [0.5, 0.6) is 0 Å². The fourth-order valence-corrected chi connectivity index (χ4v) is 2.69. The molecule has 0 bridgehead atoms. The van der Waals surface area contributed by atoms with Gasteiger partial charge in [-0.1, -0.05) is 11.8 Å². The van der Waals surface area contributed by atoms with E-state index in [-0.39, 0.29) is 11.9 Å². The number of hydrogen-bond donors (Lipinski definition) is 1. The Morgan fingerprint density at radius 3 is 2.37 bits per heavy atom. The molecule has 0 amide bonds. The monoisotopic (exact) mass is 283 g/mol. The molecule has 2 aromatic carbocycles. The van der Waals surface area contributed by atoms with Crippen molar-refractivity contribution < 1.29 is 13.2 Å². The number of nitrogens with two attached hydrogens (primary N) is 1. The highest BCUT2D eigenvalue weighted by Crippen LogP contribution is 2.33. The molecule has 0 fully saturated rings. The van der Waals surface area contributed by atoms with Gasteiger partial charge in [-0.25, -0.2) is 13.2 Å².